The number of phenolic OH excluding ortho intramolecular Hbond substituents is 2. The first-order valence-corrected chi connectivity index (χ1v) is 8.04. The molecule has 0 radical (unpaired) electrons. The van der Waals surface area contributed by atoms with E-state index in [9.17, 15) is 10.2 Å². The summed E-state index contributed by atoms with van der Waals surface area (Å²) in [6, 6.07) is 20.5. The molecule has 0 unspecified atom stereocenters. The molecule has 3 aromatic carbocycles. The van der Waals surface area contributed by atoms with Crippen molar-refractivity contribution in [3.63, 3.8) is 0 Å². The van der Waals surface area contributed by atoms with Gasteiger partial charge < -0.3 is 10.2 Å². The van der Waals surface area contributed by atoms with Gasteiger partial charge in [-0.2, -0.15) is 5.10 Å². The Labute approximate surface area is 147 Å². The van der Waals surface area contributed by atoms with Crippen molar-refractivity contribution in [3.8, 4) is 11.5 Å². The van der Waals surface area contributed by atoms with Crippen LogP contribution in [0, 0.1) is 13.8 Å². The van der Waals surface area contributed by atoms with E-state index in [0.29, 0.717) is 11.3 Å². The molecule has 0 aliphatic carbocycles. The van der Waals surface area contributed by atoms with Gasteiger partial charge in [0.15, 0.2) is 11.5 Å². The molecule has 25 heavy (non-hydrogen) atoms. The van der Waals surface area contributed by atoms with Crippen molar-refractivity contribution in [2.24, 2.45) is 5.10 Å². The molecule has 3 rings (SSSR count). The second-order valence-electron chi connectivity index (χ2n) is 5.93. The molecule has 0 atom stereocenters. The van der Waals surface area contributed by atoms with Crippen LogP contribution in [0.25, 0.3) is 0 Å². The Morgan fingerprint density at radius 3 is 2.36 bits per heavy atom. The maximum Gasteiger partial charge on any atom is 0.167 e. The first-order chi connectivity index (χ1) is 12.1. The highest BCUT2D eigenvalue weighted by molar-refractivity contribution is 6.15. The number of benzene rings is 3. The van der Waals surface area contributed by atoms with Crippen LogP contribution in [0.4, 0.5) is 5.69 Å². The fourth-order valence-corrected chi connectivity index (χ4v) is 2.65. The highest BCUT2D eigenvalue weighted by Gasteiger charge is 2.14. The van der Waals surface area contributed by atoms with Gasteiger partial charge in [0.1, 0.15) is 5.71 Å². The van der Waals surface area contributed by atoms with E-state index in [2.05, 4.69) is 16.6 Å². The van der Waals surface area contributed by atoms with E-state index in [1.54, 1.807) is 12.1 Å². The third kappa shape index (κ3) is 3.63. The lowest BCUT2D eigenvalue weighted by Crippen LogP contribution is -2.07. The molecular formula is C21H20N2O2. The number of rotatable bonds is 4. The lowest BCUT2D eigenvalue weighted by atomic mass is 10.0. The molecule has 3 aromatic rings. The van der Waals surface area contributed by atoms with Crippen LogP contribution in [0.3, 0.4) is 0 Å². The third-order valence-electron chi connectivity index (χ3n) is 3.99. The van der Waals surface area contributed by atoms with E-state index in [4.69, 9.17) is 0 Å². The van der Waals surface area contributed by atoms with Gasteiger partial charge in [0.05, 0.1) is 5.69 Å². The molecule has 3 N–H and O–H groups in total. The van der Waals surface area contributed by atoms with E-state index in [0.717, 1.165) is 16.8 Å². The Balaban J connectivity index is 2.07. The number of nitrogens with zero attached hydrogens (tertiary/aromatic N) is 1. The van der Waals surface area contributed by atoms with Crippen LogP contribution in [0.5, 0.6) is 11.5 Å². The summed E-state index contributed by atoms with van der Waals surface area (Å²) in [5.74, 6) is -0.361. The number of hydrogen-bond donors (Lipinski definition) is 3. The Kier molecular flexibility index (Phi) is 4.70. The van der Waals surface area contributed by atoms with Crippen LogP contribution < -0.4 is 5.43 Å². The van der Waals surface area contributed by atoms with Crippen LogP contribution in [0.15, 0.2) is 71.8 Å². The standard InChI is InChI=1S/C21H20N2O2/c1-14-11-12-18(15(2)13-14)22-23-20(16-7-4-3-5-8-16)17-9-6-10-19(24)21(17)25/h3-13,22,24-25H,1-2H3. The number of aromatic hydroxyl groups is 2. The fourth-order valence-electron chi connectivity index (χ4n) is 2.65. The van der Waals surface area contributed by atoms with Crippen LogP contribution in [0.1, 0.15) is 22.3 Å². The average molecular weight is 332 g/mol. The summed E-state index contributed by atoms with van der Waals surface area (Å²) < 4.78 is 0. The minimum absolute atomic E-state index is 0.173. The van der Waals surface area contributed by atoms with Gasteiger partial charge in [-0.1, -0.05) is 54.1 Å². The fraction of sp³-hybridized carbons (Fsp3) is 0.0952. The van der Waals surface area contributed by atoms with E-state index < -0.39 is 0 Å². The zero-order valence-electron chi connectivity index (χ0n) is 14.2. The SMILES string of the molecule is Cc1ccc(NN=C(c2ccccc2)c2cccc(O)c2O)c(C)c1. The molecule has 0 amide bonds. The molecule has 0 aromatic heterocycles. The molecule has 0 saturated carbocycles. The minimum atomic E-state index is -0.187. The quantitative estimate of drug-likeness (QED) is 0.372. The van der Waals surface area contributed by atoms with Crippen LogP contribution >= 0.6 is 0 Å². The molecule has 0 aliphatic heterocycles. The Hall–Kier alpha value is -3.27. The summed E-state index contributed by atoms with van der Waals surface area (Å²) in [6.07, 6.45) is 0. The van der Waals surface area contributed by atoms with Crippen molar-refractivity contribution in [3.05, 3.63) is 89.0 Å². The Morgan fingerprint density at radius 2 is 1.64 bits per heavy atom. The molecule has 0 fully saturated rings. The van der Waals surface area contributed by atoms with Crippen LogP contribution in [0.2, 0.25) is 0 Å². The first kappa shape index (κ1) is 16.6. The van der Waals surface area contributed by atoms with Crippen molar-refractivity contribution >= 4 is 11.4 Å². The molecule has 0 aliphatic rings. The lowest BCUT2D eigenvalue weighted by Gasteiger charge is -2.12. The van der Waals surface area contributed by atoms with E-state index in [-0.39, 0.29) is 11.5 Å². The molecule has 4 heteroatoms. The Bertz CT molecular complexity index is 918. The molecule has 126 valence electrons. The minimum Gasteiger partial charge on any atom is -0.504 e. The van der Waals surface area contributed by atoms with E-state index in [1.165, 1.54) is 11.6 Å². The maximum absolute atomic E-state index is 10.3. The predicted molar refractivity (Wildman–Crippen MR) is 101 cm³/mol. The van der Waals surface area contributed by atoms with Crippen LogP contribution in [-0.2, 0) is 0 Å². The molecule has 0 spiro atoms. The van der Waals surface area contributed by atoms with Gasteiger partial charge in [-0.05, 0) is 37.6 Å². The second kappa shape index (κ2) is 7.09. The monoisotopic (exact) mass is 332 g/mol. The molecule has 0 saturated heterocycles. The summed E-state index contributed by atoms with van der Waals surface area (Å²) >= 11 is 0. The van der Waals surface area contributed by atoms with E-state index >= 15 is 0 Å². The number of para-hydroxylation sites is 1. The molecule has 0 heterocycles. The van der Waals surface area contributed by atoms with Gasteiger partial charge in [-0.25, -0.2) is 0 Å². The van der Waals surface area contributed by atoms with Crippen molar-refractivity contribution in [2.75, 3.05) is 5.43 Å². The van der Waals surface area contributed by atoms with Crippen molar-refractivity contribution in [2.45, 2.75) is 13.8 Å². The number of nitrogens with one attached hydrogen (secondary N) is 1. The Morgan fingerprint density at radius 1 is 0.880 bits per heavy atom. The summed E-state index contributed by atoms with van der Waals surface area (Å²) in [7, 11) is 0. The number of anilines is 1. The summed E-state index contributed by atoms with van der Waals surface area (Å²) in [6.45, 7) is 4.05. The summed E-state index contributed by atoms with van der Waals surface area (Å²) in [4.78, 5) is 0. The average Bonchev–Trinajstić information content (AvgIpc) is 2.61. The maximum atomic E-state index is 10.3. The van der Waals surface area contributed by atoms with Crippen molar-refractivity contribution in [1.29, 1.82) is 0 Å². The summed E-state index contributed by atoms with van der Waals surface area (Å²) in [5.41, 5.74) is 8.07. The van der Waals surface area contributed by atoms with Gasteiger partial charge in [-0.15, -0.1) is 0 Å². The zero-order valence-corrected chi connectivity index (χ0v) is 14.2. The summed E-state index contributed by atoms with van der Waals surface area (Å²) in [5, 5.41) is 24.6. The van der Waals surface area contributed by atoms with Gasteiger partial charge in [-0.3, -0.25) is 5.43 Å². The van der Waals surface area contributed by atoms with Crippen molar-refractivity contribution < 1.29 is 10.2 Å². The number of phenols is 2. The van der Waals surface area contributed by atoms with Gasteiger partial charge in [0.25, 0.3) is 0 Å². The number of aryl methyl sites for hydroxylation is 2. The first-order valence-electron chi connectivity index (χ1n) is 8.04. The number of hydrazone groups is 1. The zero-order chi connectivity index (χ0) is 17.8. The van der Waals surface area contributed by atoms with Gasteiger partial charge in [0, 0.05) is 11.1 Å². The molecule has 0 bridgehead atoms. The largest absolute Gasteiger partial charge is 0.504 e. The molecule has 4 nitrogen and oxygen atoms in total. The smallest absolute Gasteiger partial charge is 0.167 e. The van der Waals surface area contributed by atoms with E-state index in [1.807, 2.05) is 56.3 Å². The topological polar surface area (TPSA) is 64.9 Å². The second-order valence-corrected chi connectivity index (χ2v) is 5.93. The van der Waals surface area contributed by atoms with Gasteiger partial charge in [0.2, 0.25) is 0 Å². The van der Waals surface area contributed by atoms with Gasteiger partial charge >= 0.3 is 0 Å². The number of hydrogen-bond acceptors (Lipinski definition) is 4. The normalized spacial score (nSPS) is 11.4. The third-order valence-corrected chi connectivity index (χ3v) is 3.99. The lowest BCUT2D eigenvalue weighted by molar-refractivity contribution is 0.403. The molecular weight excluding hydrogens is 312 g/mol. The van der Waals surface area contributed by atoms with Crippen LogP contribution in [-0.4, -0.2) is 15.9 Å². The van der Waals surface area contributed by atoms with Crippen molar-refractivity contribution in [1.82, 2.24) is 0 Å². The predicted octanol–water partition coefficient (Wildman–Crippen LogP) is 4.58. The highest BCUT2D eigenvalue weighted by atomic mass is 16.3. The highest BCUT2D eigenvalue weighted by Crippen LogP contribution is 2.30.